The smallest absolute Gasteiger partial charge is 0.263 e. The number of carbonyl (C=O) groups excluding carboxylic acids is 1. The van der Waals surface area contributed by atoms with Crippen LogP contribution in [-0.2, 0) is 17.9 Å². The monoisotopic (exact) mass is 538 g/mol. The van der Waals surface area contributed by atoms with Crippen molar-refractivity contribution >= 4 is 33.7 Å². The molecule has 0 atom stereocenters. The number of benzene rings is 3. The van der Waals surface area contributed by atoms with Crippen molar-refractivity contribution < 1.29 is 14.3 Å². The van der Waals surface area contributed by atoms with Crippen LogP contribution < -0.4 is 20.5 Å². The van der Waals surface area contributed by atoms with Gasteiger partial charge < -0.3 is 9.47 Å². The number of aryl methyl sites for hydroxylation is 1. The molecule has 5 aromatic rings. The van der Waals surface area contributed by atoms with E-state index >= 15 is 0 Å². The molecule has 5 rings (SSSR count). The van der Waals surface area contributed by atoms with Gasteiger partial charge in [0.1, 0.15) is 18.0 Å². The van der Waals surface area contributed by atoms with Crippen LogP contribution >= 0.6 is 11.3 Å². The summed E-state index contributed by atoms with van der Waals surface area (Å²) in [6.07, 6.45) is 2.89. The quantitative estimate of drug-likeness (QED) is 0.206. The lowest BCUT2D eigenvalue weighted by atomic mass is 10.1. The summed E-state index contributed by atoms with van der Waals surface area (Å²) in [7, 11) is 1.56. The third kappa shape index (κ3) is 6.05. The zero-order chi connectivity index (χ0) is 27.2. The summed E-state index contributed by atoms with van der Waals surface area (Å²) in [5.74, 6) is 0.701. The largest absolute Gasteiger partial charge is 0.493 e. The van der Waals surface area contributed by atoms with Gasteiger partial charge in [-0.15, -0.1) is 11.3 Å². The van der Waals surface area contributed by atoms with Gasteiger partial charge in [0.15, 0.2) is 11.5 Å². The summed E-state index contributed by atoms with van der Waals surface area (Å²) in [6, 6.07) is 23.2. The van der Waals surface area contributed by atoms with Crippen molar-refractivity contribution in [3.63, 3.8) is 0 Å². The Balaban J connectivity index is 1.24. The average Bonchev–Trinajstić information content (AvgIpc) is 3.39. The summed E-state index contributed by atoms with van der Waals surface area (Å²) < 4.78 is 12.6. The third-order valence-corrected chi connectivity index (χ3v) is 6.95. The zero-order valence-corrected chi connectivity index (χ0v) is 22.3. The number of fused-ring (bicyclic) bond motifs is 1. The van der Waals surface area contributed by atoms with Crippen LogP contribution in [0.1, 0.15) is 16.7 Å². The van der Waals surface area contributed by atoms with Gasteiger partial charge in [0.25, 0.3) is 11.5 Å². The Morgan fingerprint density at radius 1 is 1.08 bits per heavy atom. The van der Waals surface area contributed by atoms with E-state index in [-0.39, 0.29) is 12.1 Å². The van der Waals surface area contributed by atoms with Crippen molar-refractivity contribution in [1.29, 1.82) is 0 Å². The van der Waals surface area contributed by atoms with E-state index in [0.29, 0.717) is 33.9 Å². The van der Waals surface area contributed by atoms with Gasteiger partial charge in [0.2, 0.25) is 0 Å². The van der Waals surface area contributed by atoms with E-state index in [1.54, 1.807) is 19.2 Å². The minimum Gasteiger partial charge on any atom is -0.493 e. The topological polar surface area (TPSA) is 94.8 Å². The first-order valence-corrected chi connectivity index (χ1v) is 13.1. The van der Waals surface area contributed by atoms with E-state index in [4.69, 9.17) is 9.47 Å². The number of nitrogens with one attached hydrogen (secondary N) is 1. The molecule has 196 valence electrons. The molecule has 0 saturated heterocycles. The van der Waals surface area contributed by atoms with Gasteiger partial charge >= 0.3 is 0 Å². The second kappa shape index (κ2) is 11.7. The predicted molar refractivity (Wildman–Crippen MR) is 154 cm³/mol. The fraction of sp³-hybridized carbons (Fsp3) is 0.133. The molecule has 39 heavy (non-hydrogen) atoms. The van der Waals surface area contributed by atoms with Crippen molar-refractivity contribution in [3.8, 4) is 22.6 Å². The maximum Gasteiger partial charge on any atom is 0.263 e. The van der Waals surface area contributed by atoms with Gasteiger partial charge in [-0.3, -0.25) is 14.2 Å². The Labute approximate surface area is 229 Å². The number of rotatable bonds is 9. The van der Waals surface area contributed by atoms with Crippen molar-refractivity contribution in [2.24, 2.45) is 5.10 Å². The molecule has 9 heteroatoms. The Morgan fingerprint density at radius 2 is 1.87 bits per heavy atom. The molecule has 2 heterocycles. The van der Waals surface area contributed by atoms with Gasteiger partial charge in [-0.1, -0.05) is 60.2 Å². The van der Waals surface area contributed by atoms with Crippen LogP contribution in [0.4, 0.5) is 0 Å². The maximum absolute atomic E-state index is 13.2. The van der Waals surface area contributed by atoms with E-state index in [2.05, 4.69) is 15.5 Å². The van der Waals surface area contributed by atoms with Gasteiger partial charge in [0.05, 0.1) is 25.0 Å². The fourth-order valence-corrected chi connectivity index (χ4v) is 4.92. The molecule has 0 saturated carbocycles. The molecule has 0 unspecified atom stereocenters. The maximum atomic E-state index is 13.2. The first-order valence-electron chi connectivity index (χ1n) is 12.2. The highest BCUT2D eigenvalue weighted by molar-refractivity contribution is 7.17. The van der Waals surface area contributed by atoms with Gasteiger partial charge in [-0.05, 0) is 41.8 Å². The number of hydrogen-bond acceptors (Lipinski definition) is 7. The Bertz CT molecular complexity index is 1690. The van der Waals surface area contributed by atoms with Crippen LogP contribution in [0.3, 0.4) is 0 Å². The molecule has 0 radical (unpaired) electrons. The third-order valence-electron chi connectivity index (χ3n) is 6.06. The number of aromatic nitrogens is 2. The molecule has 0 aliphatic heterocycles. The molecule has 1 amide bonds. The lowest BCUT2D eigenvalue weighted by Gasteiger charge is -2.11. The van der Waals surface area contributed by atoms with E-state index in [1.807, 2.05) is 73.0 Å². The van der Waals surface area contributed by atoms with E-state index in [9.17, 15) is 9.59 Å². The van der Waals surface area contributed by atoms with Crippen LogP contribution in [0.5, 0.6) is 11.5 Å². The lowest BCUT2D eigenvalue weighted by Crippen LogP contribution is -2.30. The predicted octanol–water partition coefficient (Wildman–Crippen LogP) is 5.17. The minimum absolute atomic E-state index is 0.210. The Kier molecular flexibility index (Phi) is 7.79. The van der Waals surface area contributed by atoms with Gasteiger partial charge in [-0.25, -0.2) is 10.4 Å². The Morgan fingerprint density at radius 3 is 2.64 bits per heavy atom. The molecular weight excluding hydrogens is 512 g/mol. The van der Waals surface area contributed by atoms with E-state index < -0.39 is 5.91 Å². The lowest BCUT2D eigenvalue weighted by molar-refractivity contribution is -0.121. The first kappa shape index (κ1) is 25.9. The molecular formula is C30H26N4O4S. The second-order valence-corrected chi connectivity index (χ2v) is 9.71. The molecule has 0 fully saturated rings. The first-order chi connectivity index (χ1) is 19.0. The number of methoxy groups -OCH3 is 1. The number of nitrogens with zero attached hydrogens (tertiary/aromatic N) is 3. The molecule has 3 aromatic carbocycles. The number of hydrazone groups is 1. The summed E-state index contributed by atoms with van der Waals surface area (Å²) in [4.78, 5) is 30.8. The summed E-state index contributed by atoms with van der Waals surface area (Å²) in [5.41, 5.74) is 6.84. The number of ether oxygens (including phenoxy) is 2. The molecule has 0 bridgehead atoms. The molecule has 0 spiro atoms. The van der Waals surface area contributed by atoms with Crippen LogP contribution in [-0.4, -0.2) is 28.8 Å². The van der Waals surface area contributed by atoms with E-state index in [1.165, 1.54) is 28.4 Å². The SMILES string of the molecule is COc1cc(/C=N/NC(=O)Cn2cnc3scc(-c4ccc(C)cc4)c3c2=O)ccc1OCc1ccccc1. The number of carbonyl (C=O) groups is 1. The van der Waals surface area contributed by atoms with Gasteiger partial charge in [0, 0.05) is 10.9 Å². The highest BCUT2D eigenvalue weighted by atomic mass is 32.1. The summed E-state index contributed by atoms with van der Waals surface area (Å²) >= 11 is 1.40. The summed E-state index contributed by atoms with van der Waals surface area (Å²) in [6.45, 7) is 2.22. The average molecular weight is 539 g/mol. The van der Waals surface area contributed by atoms with Crippen molar-refractivity contribution in [1.82, 2.24) is 15.0 Å². The zero-order valence-electron chi connectivity index (χ0n) is 21.5. The van der Waals surface area contributed by atoms with Crippen LogP contribution in [0.2, 0.25) is 0 Å². The highest BCUT2D eigenvalue weighted by Gasteiger charge is 2.14. The van der Waals surface area contributed by atoms with Crippen molar-refractivity contribution in [2.75, 3.05) is 7.11 Å². The number of hydrogen-bond donors (Lipinski definition) is 1. The van der Waals surface area contributed by atoms with Crippen LogP contribution in [0.15, 0.2) is 94.4 Å². The minimum atomic E-state index is -0.448. The van der Waals surface area contributed by atoms with Crippen molar-refractivity contribution in [3.05, 3.63) is 112 Å². The van der Waals surface area contributed by atoms with E-state index in [0.717, 1.165) is 22.3 Å². The second-order valence-electron chi connectivity index (χ2n) is 8.85. The molecule has 1 N–H and O–H groups in total. The molecule has 8 nitrogen and oxygen atoms in total. The summed E-state index contributed by atoms with van der Waals surface area (Å²) in [5, 5.41) is 6.46. The van der Waals surface area contributed by atoms with Crippen molar-refractivity contribution in [2.45, 2.75) is 20.1 Å². The molecule has 0 aliphatic carbocycles. The van der Waals surface area contributed by atoms with Crippen LogP contribution in [0.25, 0.3) is 21.3 Å². The standard InChI is InChI=1S/C30H26N4O4S/c1-20-8-11-23(12-9-20)24-18-39-29-28(24)30(36)34(19-31-29)16-27(35)33-32-15-22-10-13-25(26(14-22)37-2)38-17-21-6-4-3-5-7-21/h3-15,18-19H,16-17H2,1-2H3,(H,33,35)/b32-15+. The van der Waals surface area contributed by atoms with Gasteiger partial charge in [-0.2, -0.15) is 5.10 Å². The molecule has 2 aromatic heterocycles. The Hall–Kier alpha value is -4.76. The highest BCUT2D eigenvalue weighted by Crippen LogP contribution is 2.31. The number of thiophene rings is 1. The fourth-order valence-electron chi connectivity index (χ4n) is 4.01. The molecule has 0 aliphatic rings. The normalized spacial score (nSPS) is 11.1. The number of amides is 1. The van der Waals surface area contributed by atoms with Crippen LogP contribution in [0, 0.1) is 6.92 Å².